The molecule has 0 aliphatic carbocycles. The number of fused-ring (bicyclic) bond motifs is 6. The molecule has 0 N–H and O–H groups in total. The Morgan fingerprint density at radius 1 is 0.372 bits per heavy atom. The van der Waals surface area contributed by atoms with Gasteiger partial charge in [-0.2, -0.15) is 0 Å². The van der Waals surface area contributed by atoms with Crippen LogP contribution in [0.2, 0.25) is 0 Å². The smallest absolute Gasteiger partial charge is 0.136 e. The molecular formula is C42H26O. The van der Waals surface area contributed by atoms with Crippen LogP contribution in [0.3, 0.4) is 0 Å². The summed E-state index contributed by atoms with van der Waals surface area (Å²) >= 11 is 0. The van der Waals surface area contributed by atoms with E-state index in [0.717, 1.165) is 43.4 Å². The Hall–Kier alpha value is -5.66. The average Bonchev–Trinajstić information content (AvgIpc) is 3.55. The summed E-state index contributed by atoms with van der Waals surface area (Å²) < 4.78 is 61.3. The Morgan fingerprint density at radius 3 is 1.70 bits per heavy atom. The highest BCUT2D eigenvalue weighted by atomic mass is 16.3. The number of hydrogen-bond acceptors (Lipinski definition) is 1. The van der Waals surface area contributed by atoms with Crippen molar-refractivity contribution in [1.29, 1.82) is 0 Å². The minimum atomic E-state index is -0.219. The second kappa shape index (κ2) is 9.44. The van der Waals surface area contributed by atoms with Crippen molar-refractivity contribution < 1.29 is 12.6 Å². The van der Waals surface area contributed by atoms with E-state index in [2.05, 4.69) is 42.5 Å². The highest BCUT2D eigenvalue weighted by Crippen LogP contribution is 2.45. The monoisotopic (exact) mass is 552 g/mol. The first kappa shape index (κ1) is 18.7. The molecule has 0 saturated carbocycles. The molecule has 9 aromatic rings. The fourth-order valence-corrected chi connectivity index (χ4v) is 6.32. The topological polar surface area (TPSA) is 13.1 Å². The lowest BCUT2D eigenvalue weighted by molar-refractivity contribution is 0.669. The predicted molar refractivity (Wildman–Crippen MR) is 183 cm³/mol. The van der Waals surface area contributed by atoms with Crippen LogP contribution < -0.4 is 0 Å². The molecule has 0 spiro atoms. The summed E-state index contributed by atoms with van der Waals surface area (Å²) in [6, 6.07) is 38.8. The van der Waals surface area contributed by atoms with Crippen molar-refractivity contribution in [2.75, 3.05) is 0 Å². The zero-order valence-electron chi connectivity index (χ0n) is 29.0. The number of furan rings is 1. The van der Waals surface area contributed by atoms with E-state index in [9.17, 15) is 5.48 Å². The second-order valence-corrected chi connectivity index (χ2v) is 10.8. The van der Waals surface area contributed by atoms with Crippen LogP contribution in [0.15, 0.2) is 162 Å². The average molecular weight is 553 g/mol. The van der Waals surface area contributed by atoms with Crippen molar-refractivity contribution in [1.82, 2.24) is 0 Å². The van der Waals surface area contributed by atoms with E-state index in [-0.39, 0.29) is 69.3 Å². The van der Waals surface area contributed by atoms with E-state index in [1.807, 2.05) is 54.6 Å². The number of hydrogen-bond donors (Lipinski definition) is 0. The zero-order valence-corrected chi connectivity index (χ0v) is 23.0. The third-order valence-electron chi connectivity index (χ3n) is 8.29. The molecule has 0 bridgehead atoms. The predicted octanol–water partition coefficient (Wildman–Crippen LogP) is 12.0. The molecule has 0 atom stereocenters. The molecule has 0 aliphatic rings. The summed E-state index contributed by atoms with van der Waals surface area (Å²) in [5, 5.41) is 6.18. The van der Waals surface area contributed by atoms with Gasteiger partial charge in [-0.1, -0.05) is 127 Å². The van der Waals surface area contributed by atoms with Crippen LogP contribution in [-0.2, 0) is 0 Å². The molecule has 1 heteroatoms. The van der Waals surface area contributed by atoms with Crippen LogP contribution in [0.5, 0.6) is 0 Å². The lowest BCUT2D eigenvalue weighted by Gasteiger charge is -2.18. The molecule has 0 unspecified atom stereocenters. The maximum Gasteiger partial charge on any atom is 0.136 e. The third kappa shape index (κ3) is 3.79. The van der Waals surface area contributed by atoms with Crippen LogP contribution in [-0.4, -0.2) is 0 Å². The van der Waals surface area contributed by atoms with E-state index in [1.165, 1.54) is 0 Å². The van der Waals surface area contributed by atoms with Crippen molar-refractivity contribution in [2.24, 2.45) is 0 Å². The summed E-state index contributed by atoms with van der Waals surface area (Å²) in [5.41, 5.74) is 3.87. The maximum atomic E-state index is 9.55. The van der Waals surface area contributed by atoms with Crippen LogP contribution in [0.25, 0.3) is 87.6 Å². The van der Waals surface area contributed by atoms with E-state index < -0.39 is 0 Å². The second-order valence-electron chi connectivity index (χ2n) is 10.8. The molecule has 1 heterocycles. The highest BCUT2D eigenvalue weighted by Gasteiger charge is 2.18. The Balaban J connectivity index is 1.40. The van der Waals surface area contributed by atoms with Gasteiger partial charge in [-0.05, 0) is 95.9 Å². The molecular weight excluding hydrogens is 520 g/mol. The number of benzene rings is 8. The Bertz CT molecular complexity index is 2780. The van der Waals surface area contributed by atoms with Crippen molar-refractivity contribution in [3.8, 4) is 33.4 Å². The molecule has 9 rings (SSSR count). The lowest BCUT2D eigenvalue weighted by atomic mass is 9.85. The molecule has 1 nitrogen and oxygen atoms in total. The largest absolute Gasteiger partial charge is 0.456 e. The van der Waals surface area contributed by atoms with Crippen LogP contribution in [0.1, 0.15) is 8.22 Å². The summed E-state index contributed by atoms with van der Waals surface area (Å²) in [6.45, 7) is 0. The van der Waals surface area contributed by atoms with Gasteiger partial charge in [0.1, 0.15) is 11.2 Å². The molecule has 1 aromatic heterocycles. The number of rotatable bonds is 3. The van der Waals surface area contributed by atoms with Crippen LogP contribution >= 0.6 is 0 Å². The molecule has 0 aliphatic heterocycles. The van der Waals surface area contributed by atoms with Crippen molar-refractivity contribution >= 4 is 54.3 Å². The zero-order chi connectivity index (χ0) is 33.6. The van der Waals surface area contributed by atoms with E-state index in [1.54, 1.807) is 24.3 Å². The highest BCUT2D eigenvalue weighted by molar-refractivity contribution is 6.22. The fraction of sp³-hybridized carbons (Fsp3) is 0. The van der Waals surface area contributed by atoms with Gasteiger partial charge in [0.05, 0.1) is 8.22 Å². The first-order valence-electron chi connectivity index (χ1n) is 17.3. The van der Waals surface area contributed by atoms with Gasteiger partial charge in [0.2, 0.25) is 0 Å². The van der Waals surface area contributed by atoms with E-state index in [4.69, 9.17) is 7.16 Å². The maximum absolute atomic E-state index is 9.55. The van der Waals surface area contributed by atoms with Crippen molar-refractivity contribution in [2.45, 2.75) is 0 Å². The van der Waals surface area contributed by atoms with Crippen LogP contribution in [0, 0.1) is 0 Å². The SMILES string of the molecule is [2H]c1c(-c2ccccc2)c([2H])c2c(oc3c([2H])c(-c4c5ccccc5c(-c5ccc6ccccc6c5)c5ccccc45)c([2H])c([2H])c32)c1[2H]. The quantitative estimate of drug-likeness (QED) is 0.199. The molecule has 8 aromatic carbocycles. The van der Waals surface area contributed by atoms with Gasteiger partial charge in [-0.25, -0.2) is 0 Å². The van der Waals surface area contributed by atoms with Gasteiger partial charge in [0, 0.05) is 10.8 Å². The van der Waals surface area contributed by atoms with Gasteiger partial charge in [0.15, 0.2) is 0 Å². The summed E-state index contributed by atoms with van der Waals surface area (Å²) in [5.74, 6) is 0. The summed E-state index contributed by atoms with van der Waals surface area (Å²) in [7, 11) is 0. The summed E-state index contributed by atoms with van der Waals surface area (Å²) in [4.78, 5) is 0. The fourth-order valence-electron chi connectivity index (χ4n) is 6.32. The molecule has 200 valence electrons. The molecule has 0 fully saturated rings. The normalized spacial score (nSPS) is 13.7. The lowest BCUT2D eigenvalue weighted by Crippen LogP contribution is -1.91. The van der Waals surface area contributed by atoms with Gasteiger partial charge >= 0.3 is 0 Å². The van der Waals surface area contributed by atoms with E-state index >= 15 is 0 Å². The molecule has 0 radical (unpaired) electrons. The van der Waals surface area contributed by atoms with Gasteiger partial charge in [0.25, 0.3) is 0 Å². The Kier molecular flexibility index (Phi) is 4.11. The first-order valence-corrected chi connectivity index (χ1v) is 14.3. The molecule has 0 amide bonds. The third-order valence-corrected chi connectivity index (χ3v) is 8.29. The van der Waals surface area contributed by atoms with Crippen LogP contribution in [0.4, 0.5) is 0 Å². The Labute approximate surface area is 257 Å². The van der Waals surface area contributed by atoms with Crippen molar-refractivity contribution in [3.63, 3.8) is 0 Å². The van der Waals surface area contributed by atoms with E-state index in [0.29, 0.717) is 11.1 Å². The summed E-state index contributed by atoms with van der Waals surface area (Å²) in [6.07, 6.45) is 0. The first-order chi connectivity index (χ1) is 23.8. The standard InChI is InChI=1S/C42H26O/c1-2-10-27(11-3-1)30-21-23-39-38(25-30)33-22-20-32(26-40(33)43-39)42-36-16-8-6-14-34(36)41(35-15-7-9-17-37(35)42)31-19-18-28-12-4-5-13-29(28)24-31/h1-26H/i20D,21D,22D,23D,25D,26D. The van der Waals surface area contributed by atoms with Gasteiger partial charge in [-0.15, -0.1) is 0 Å². The van der Waals surface area contributed by atoms with Crippen molar-refractivity contribution in [3.05, 3.63) is 158 Å². The van der Waals surface area contributed by atoms with Gasteiger partial charge < -0.3 is 4.42 Å². The minimum Gasteiger partial charge on any atom is -0.456 e. The van der Waals surface area contributed by atoms with Gasteiger partial charge in [-0.3, -0.25) is 0 Å². The molecule has 0 saturated heterocycles. The Morgan fingerprint density at radius 2 is 0.977 bits per heavy atom. The molecule has 43 heavy (non-hydrogen) atoms. The minimum absolute atomic E-state index is 0.0235.